The lowest BCUT2D eigenvalue weighted by Gasteiger charge is -2.37. The molecule has 2 fully saturated rings. The fraction of sp³-hybridized carbons (Fsp3) is 0.667. The van der Waals surface area contributed by atoms with E-state index in [4.69, 9.17) is 14.2 Å². The molecule has 3 heterocycles. The lowest BCUT2D eigenvalue weighted by atomic mass is 10.1. The van der Waals surface area contributed by atoms with Crippen LogP contribution in [0.3, 0.4) is 0 Å². The molecule has 0 aromatic carbocycles. The summed E-state index contributed by atoms with van der Waals surface area (Å²) in [5.74, 6) is 0.239. The second-order valence-corrected chi connectivity index (χ2v) is 6.58. The van der Waals surface area contributed by atoms with E-state index in [1.165, 1.54) is 12.3 Å². The molecule has 10 heteroatoms. The molecule has 2 saturated heterocycles. The highest BCUT2D eigenvalue weighted by Gasteiger charge is 2.35. The molecule has 1 aromatic rings. The Kier molecular flexibility index (Phi) is 6.95. The van der Waals surface area contributed by atoms with Crippen molar-refractivity contribution < 1.29 is 27.4 Å². The van der Waals surface area contributed by atoms with Gasteiger partial charge < -0.3 is 24.4 Å². The summed E-state index contributed by atoms with van der Waals surface area (Å²) in [6.07, 6.45) is -1.09. The summed E-state index contributed by atoms with van der Waals surface area (Å²) >= 11 is 0. The third-order valence-corrected chi connectivity index (χ3v) is 4.68. The minimum absolute atomic E-state index is 0.00564. The van der Waals surface area contributed by atoms with Gasteiger partial charge in [0, 0.05) is 32.9 Å². The van der Waals surface area contributed by atoms with Crippen molar-refractivity contribution in [3.05, 3.63) is 23.9 Å². The van der Waals surface area contributed by atoms with Crippen molar-refractivity contribution in [3.63, 3.8) is 0 Å². The number of alkyl halides is 3. The number of nitrogens with one attached hydrogen (secondary N) is 1. The standard InChI is InChI=1S/C18H25F3N4O3/c1-22-17(25-8-11-27-15(12-25)14-5-3-9-26-14)24-7-10-28-16-13(18(19,20)21)4-2-6-23-16/h2,4,6,14-15H,3,5,7-12H2,1H3,(H,22,24). The molecule has 2 aliphatic rings. The van der Waals surface area contributed by atoms with Crippen molar-refractivity contribution in [3.8, 4) is 5.88 Å². The van der Waals surface area contributed by atoms with Gasteiger partial charge in [-0.1, -0.05) is 0 Å². The van der Waals surface area contributed by atoms with Crippen LogP contribution >= 0.6 is 0 Å². The Bertz CT molecular complexity index is 666. The number of pyridine rings is 1. The van der Waals surface area contributed by atoms with E-state index in [9.17, 15) is 13.2 Å². The van der Waals surface area contributed by atoms with E-state index in [0.717, 1.165) is 25.5 Å². The third kappa shape index (κ3) is 5.26. The van der Waals surface area contributed by atoms with Crippen LogP contribution in [0.4, 0.5) is 13.2 Å². The second kappa shape index (κ2) is 9.42. The molecule has 2 atom stereocenters. The first-order valence-electron chi connectivity index (χ1n) is 9.33. The molecule has 0 aliphatic carbocycles. The maximum absolute atomic E-state index is 13.0. The van der Waals surface area contributed by atoms with E-state index >= 15 is 0 Å². The number of hydrogen-bond acceptors (Lipinski definition) is 5. The Labute approximate surface area is 161 Å². The normalized spacial score (nSPS) is 23.7. The van der Waals surface area contributed by atoms with Crippen molar-refractivity contribution >= 4 is 5.96 Å². The number of guanidine groups is 1. The summed E-state index contributed by atoms with van der Waals surface area (Å²) in [7, 11) is 1.67. The number of aliphatic imine (C=N–C) groups is 1. The summed E-state index contributed by atoms with van der Waals surface area (Å²) in [4.78, 5) is 10.0. The molecule has 0 bridgehead atoms. The lowest BCUT2D eigenvalue weighted by Crippen LogP contribution is -2.53. The van der Waals surface area contributed by atoms with Crippen LogP contribution in [0.5, 0.6) is 5.88 Å². The molecule has 0 amide bonds. The minimum atomic E-state index is -4.50. The highest BCUT2D eigenvalue weighted by atomic mass is 19.4. The van der Waals surface area contributed by atoms with Crippen molar-refractivity contribution in [2.24, 2.45) is 4.99 Å². The number of halogens is 3. The molecule has 28 heavy (non-hydrogen) atoms. The maximum Gasteiger partial charge on any atom is 0.421 e. The van der Waals surface area contributed by atoms with Crippen molar-refractivity contribution in [2.75, 3.05) is 46.5 Å². The van der Waals surface area contributed by atoms with Crippen LogP contribution in [0.15, 0.2) is 23.3 Å². The van der Waals surface area contributed by atoms with Gasteiger partial charge in [-0.05, 0) is 25.0 Å². The van der Waals surface area contributed by atoms with Crippen LogP contribution in [0.2, 0.25) is 0 Å². The van der Waals surface area contributed by atoms with Crippen molar-refractivity contribution in [1.82, 2.24) is 15.2 Å². The zero-order valence-electron chi connectivity index (χ0n) is 15.7. The molecule has 2 unspecified atom stereocenters. The molecule has 2 aliphatic heterocycles. The fourth-order valence-electron chi connectivity index (χ4n) is 3.35. The monoisotopic (exact) mass is 402 g/mol. The quantitative estimate of drug-likeness (QED) is 0.461. The van der Waals surface area contributed by atoms with Crippen LogP contribution in [-0.2, 0) is 15.7 Å². The number of aromatic nitrogens is 1. The summed E-state index contributed by atoms with van der Waals surface area (Å²) < 4.78 is 55.7. The fourth-order valence-corrected chi connectivity index (χ4v) is 3.35. The topological polar surface area (TPSA) is 68.2 Å². The Hall–Kier alpha value is -2.07. The number of nitrogens with zero attached hydrogens (tertiary/aromatic N) is 3. The maximum atomic E-state index is 13.0. The van der Waals surface area contributed by atoms with E-state index in [0.29, 0.717) is 32.2 Å². The first-order chi connectivity index (χ1) is 13.5. The summed E-state index contributed by atoms with van der Waals surface area (Å²) in [6.45, 7) is 3.00. The largest absolute Gasteiger partial charge is 0.475 e. The van der Waals surface area contributed by atoms with Gasteiger partial charge >= 0.3 is 6.18 Å². The van der Waals surface area contributed by atoms with Gasteiger partial charge in [-0.3, -0.25) is 4.99 Å². The van der Waals surface area contributed by atoms with Crippen LogP contribution in [0.1, 0.15) is 18.4 Å². The molecule has 0 spiro atoms. The van der Waals surface area contributed by atoms with E-state index in [1.807, 2.05) is 0 Å². The van der Waals surface area contributed by atoms with Gasteiger partial charge in [0.1, 0.15) is 18.3 Å². The first-order valence-corrected chi connectivity index (χ1v) is 9.33. The van der Waals surface area contributed by atoms with Crippen LogP contribution < -0.4 is 10.1 Å². The predicted molar refractivity (Wildman–Crippen MR) is 96.4 cm³/mol. The average molecular weight is 402 g/mol. The summed E-state index contributed by atoms with van der Waals surface area (Å²) in [5.41, 5.74) is -0.882. The predicted octanol–water partition coefficient (Wildman–Crippen LogP) is 1.93. The van der Waals surface area contributed by atoms with Gasteiger partial charge in [0.25, 0.3) is 0 Å². The Balaban J connectivity index is 1.48. The molecule has 0 saturated carbocycles. The van der Waals surface area contributed by atoms with Crippen molar-refractivity contribution in [1.29, 1.82) is 0 Å². The molecule has 7 nitrogen and oxygen atoms in total. The van der Waals surface area contributed by atoms with Gasteiger partial charge in [0.05, 0.1) is 19.3 Å². The van der Waals surface area contributed by atoms with Crippen LogP contribution in [-0.4, -0.2) is 74.6 Å². The third-order valence-electron chi connectivity index (χ3n) is 4.68. The SMILES string of the molecule is CN=C(NCCOc1ncccc1C(F)(F)F)N1CCOC(C2CCCO2)C1. The molecule has 156 valence electrons. The van der Waals surface area contributed by atoms with Crippen LogP contribution in [0, 0.1) is 0 Å². The van der Waals surface area contributed by atoms with Gasteiger partial charge in [0.15, 0.2) is 5.96 Å². The zero-order valence-corrected chi connectivity index (χ0v) is 15.7. The molecular weight excluding hydrogens is 377 g/mol. The van der Waals surface area contributed by atoms with Gasteiger partial charge in [-0.15, -0.1) is 0 Å². The van der Waals surface area contributed by atoms with Gasteiger partial charge in [-0.25, -0.2) is 4.98 Å². The lowest BCUT2D eigenvalue weighted by molar-refractivity contribution is -0.139. The smallest absolute Gasteiger partial charge is 0.421 e. The highest BCUT2D eigenvalue weighted by molar-refractivity contribution is 5.80. The Morgan fingerprint density at radius 3 is 2.89 bits per heavy atom. The second-order valence-electron chi connectivity index (χ2n) is 6.58. The van der Waals surface area contributed by atoms with Gasteiger partial charge in [0.2, 0.25) is 5.88 Å². The first kappa shape index (κ1) is 20.7. The molecule has 1 aromatic heterocycles. The van der Waals surface area contributed by atoms with Gasteiger partial charge in [-0.2, -0.15) is 13.2 Å². The van der Waals surface area contributed by atoms with E-state index in [2.05, 4.69) is 20.2 Å². The van der Waals surface area contributed by atoms with E-state index < -0.39 is 17.6 Å². The van der Waals surface area contributed by atoms with E-state index in [-0.39, 0.29) is 18.8 Å². The molecule has 1 N–H and O–H groups in total. The molecular formula is C18H25F3N4O3. The average Bonchev–Trinajstić information content (AvgIpc) is 3.23. The number of hydrogen-bond donors (Lipinski definition) is 1. The minimum Gasteiger partial charge on any atom is -0.475 e. The Morgan fingerprint density at radius 2 is 2.18 bits per heavy atom. The Morgan fingerprint density at radius 1 is 1.36 bits per heavy atom. The number of morpholine rings is 1. The van der Waals surface area contributed by atoms with E-state index in [1.54, 1.807) is 7.05 Å². The van der Waals surface area contributed by atoms with Crippen LogP contribution in [0.25, 0.3) is 0 Å². The molecule has 3 rings (SSSR count). The number of rotatable bonds is 5. The van der Waals surface area contributed by atoms with Crippen molar-refractivity contribution in [2.45, 2.75) is 31.2 Å². The highest BCUT2D eigenvalue weighted by Crippen LogP contribution is 2.34. The zero-order chi connectivity index (χ0) is 20.0. The number of ether oxygens (including phenoxy) is 3. The molecule has 0 radical (unpaired) electrons. The summed E-state index contributed by atoms with van der Waals surface area (Å²) in [5, 5.41) is 3.12. The summed E-state index contributed by atoms with van der Waals surface area (Å²) in [6, 6.07) is 2.19.